The first kappa shape index (κ1) is 13.9. The fourth-order valence-electron chi connectivity index (χ4n) is 0.865. The zero-order valence-corrected chi connectivity index (χ0v) is 10.00. The minimum absolute atomic E-state index is 0.158. The van der Waals surface area contributed by atoms with Crippen LogP contribution in [0.15, 0.2) is 0 Å². The molecule has 0 aliphatic heterocycles. The number of nitrogens with one attached hydrogen (secondary N) is 1. The SMILES string of the molecule is CC(C)NCC(=O)N(C)C(C)(C)C(=O)O. The molecule has 0 aromatic carbocycles. The number of nitrogens with zero attached hydrogens (tertiary/aromatic N) is 1. The molecule has 0 unspecified atom stereocenters. The average molecular weight is 216 g/mol. The molecule has 0 atom stereocenters. The van der Waals surface area contributed by atoms with E-state index in [2.05, 4.69) is 5.32 Å². The second-order valence-electron chi connectivity index (χ2n) is 4.35. The molecule has 2 N–H and O–H groups in total. The smallest absolute Gasteiger partial charge is 0.329 e. The lowest BCUT2D eigenvalue weighted by atomic mass is 10.0. The number of carboxylic acids is 1. The highest BCUT2D eigenvalue weighted by molar-refractivity contribution is 5.87. The largest absolute Gasteiger partial charge is 0.480 e. The van der Waals surface area contributed by atoms with Gasteiger partial charge in [-0.05, 0) is 13.8 Å². The van der Waals surface area contributed by atoms with Crippen molar-refractivity contribution < 1.29 is 14.7 Å². The van der Waals surface area contributed by atoms with Crippen molar-refractivity contribution >= 4 is 11.9 Å². The molecule has 0 spiro atoms. The highest BCUT2D eigenvalue weighted by Crippen LogP contribution is 2.12. The third kappa shape index (κ3) is 3.87. The van der Waals surface area contributed by atoms with Gasteiger partial charge in [0.1, 0.15) is 5.54 Å². The molecule has 0 heterocycles. The van der Waals surface area contributed by atoms with Crippen LogP contribution in [0.3, 0.4) is 0 Å². The van der Waals surface area contributed by atoms with Crippen LogP contribution in [0.5, 0.6) is 0 Å². The van der Waals surface area contributed by atoms with E-state index in [-0.39, 0.29) is 18.5 Å². The molecule has 0 aromatic rings. The van der Waals surface area contributed by atoms with E-state index in [1.165, 1.54) is 25.8 Å². The number of aliphatic carboxylic acids is 1. The summed E-state index contributed by atoms with van der Waals surface area (Å²) in [5.41, 5.74) is -1.17. The maximum Gasteiger partial charge on any atom is 0.329 e. The third-order valence-electron chi connectivity index (χ3n) is 2.40. The molecular weight excluding hydrogens is 196 g/mol. The fraction of sp³-hybridized carbons (Fsp3) is 0.800. The molecule has 0 saturated heterocycles. The maximum atomic E-state index is 11.6. The zero-order chi connectivity index (χ0) is 12.2. The van der Waals surface area contributed by atoms with Gasteiger partial charge in [-0.2, -0.15) is 0 Å². The second-order valence-corrected chi connectivity index (χ2v) is 4.35. The van der Waals surface area contributed by atoms with Gasteiger partial charge in [-0.3, -0.25) is 4.79 Å². The summed E-state index contributed by atoms with van der Waals surface area (Å²) in [6.45, 7) is 7.02. The molecule has 5 nitrogen and oxygen atoms in total. The molecule has 0 saturated carbocycles. The first-order chi connectivity index (χ1) is 6.69. The number of hydrogen-bond donors (Lipinski definition) is 2. The average Bonchev–Trinajstić information content (AvgIpc) is 2.12. The van der Waals surface area contributed by atoms with Crippen LogP contribution in [-0.4, -0.2) is 47.1 Å². The van der Waals surface area contributed by atoms with Gasteiger partial charge in [0, 0.05) is 13.1 Å². The van der Waals surface area contributed by atoms with Crippen molar-refractivity contribution in [2.45, 2.75) is 39.3 Å². The van der Waals surface area contributed by atoms with Gasteiger partial charge in [-0.25, -0.2) is 4.79 Å². The summed E-state index contributed by atoms with van der Waals surface area (Å²) in [7, 11) is 1.50. The van der Waals surface area contributed by atoms with Crippen molar-refractivity contribution in [3.05, 3.63) is 0 Å². The van der Waals surface area contributed by atoms with E-state index in [1.807, 2.05) is 13.8 Å². The van der Waals surface area contributed by atoms with Crippen molar-refractivity contribution in [3.63, 3.8) is 0 Å². The lowest BCUT2D eigenvalue weighted by molar-refractivity contribution is -0.155. The second kappa shape index (κ2) is 5.11. The molecule has 0 rings (SSSR count). The fourth-order valence-corrected chi connectivity index (χ4v) is 0.865. The Kier molecular flexibility index (Phi) is 4.74. The standard InChI is InChI=1S/C10H20N2O3/c1-7(2)11-6-8(13)12(5)10(3,4)9(14)15/h7,11H,6H2,1-5H3,(H,14,15). The van der Waals surface area contributed by atoms with Crippen molar-refractivity contribution in [2.24, 2.45) is 0 Å². The summed E-state index contributed by atoms with van der Waals surface area (Å²) in [4.78, 5) is 23.7. The van der Waals surface area contributed by atoms with Crippen LogP contribution < -0.4 is 5.32 Å². The Labute approximate surface area is 90.5 Å². The summed E-state index contributed by atoms with van der Waals surface area (Å²) < 4.78 is 0. The van der Waals surface area contributed by atoms with Crippen molar-refractivity contribution in [2.75, 3.05) is 13.6 Å². The van der Waals surface area contributed by atoms with Crippen molar-refractivity contribution in [1.82, 2.24) is 10.2 Å². The van der Waals surface area contributed by atoms with E-state index in [4.69, 9.17) is 5.11 Å². The molecule has 0 aliphatic rings. The Bertz CT molecular complexity index is 249. The lowest BCUT2D eigenvalue weighted by Gasteiger charge is -2.31. The van der Waals surface area contributed by atoms with Gasteiger partial charge in [-0.15, -0.1) is 0 Å². The third-order valence-corrected chi connectivity index (χ3v) is 2.40. The minimum atomic E-state index is -1.17. The topological polar surface area (TPSA) is 69.6 Å². The van der Waals surface area contributed by atoms with Gasteiger partial charge in [0.15, 0.2) is 0 Å². The highest BCUT2D eigenvalue weighted by Gasteiger charge is 2.34. The maximum absolute atomic E-state index is 11.6. The minimum Gasteiger partial charge on any atom is -0.480 e. The summed E-state index contributed by atoms with van der Waals surface area (Å²) in [5, 5.41) is 11.9. The number of likely N-dealkylation sites (N-methyl/N-ethyl adjacent to an activating group) is 1. The quantitative estimate of drug-likeness (QED) is 0.693. The van der Waals surface area contributed by atoms with Crippen molar-refractivity contribution in [1.29, 1.82) is 0 Å². The summed E-state index contributed by atoms with van der Waals surface area (Å²) in [5.74, 6) is -1.24. The van der Waals surface area contributed by atoms with Crippen LogP contribution >= 0.6 is 0 Å². The monoisotopic (exact) mass is 216 g/mol. The molecule has 0 aromatic heterocycles. The molecule has 1 amide bonds. The molecule has 5 heteroatoms. The molecule has 88 valence electrons. The predicted molar refractivity (Wildman–Crippen MR) is 57.6 cm³/mol. The number of amides is 1. The van der Waals surface area contributed by atoms with E-state index in [1.54, 1.807) is 0 Å². The van der Waals surface area contributed by atoms with Crippen molar-refractivity contribution in [3.8, 4) is 0 Å². The normalized spacial score (nSPS) is 11.6. The molecule has 0 bridgehead atoms. The van der Waals surface area contributed by atoms with Gasteiger partial charge in [0.05, 0.1) is 6.54 Å². The number of carbonyl (C=O) groups excluding carboxylic acids is 1. The Balaban J connectivity index is 4.38. The highest BCUT2D eigenvalue weighted by atomic mass is 16.4. The first-order valence-electron chi connectivity index (χ1n) is 4.93. The zero-order valence-electron chi connectivity index (χ0n) is 10.00. The predicted octanol–water partition coefficient (Wildman–Crippen LogP) is 0.306. The molecule has 15 heavy (non-hydrogen) atoms. The summed E-state index contributed by atoms with van der Waals surface area (Å²) in [6, 6.07) is 0.204. The van der Waals surface area contributed by atoms with Gasteiger partial charge in [0.2, 0.25) is 5.91 Å². The molecular formula is C10H20N2O3. The van der Waals surface area contributed by atoms with Gasteiger partial charge < -0.3 is 15.3 Å². The first-order valence-corrected chi connectivity index (χ1v) is 4.93. The molecule has 0 aliphatic carbocycles. The van der Waals surface area contributed by atoms with E-state index in [0.717, 1.165) is 0 Å². The van der Waals surface area contributed by atoms with Crippen LogP contribution in [-0.2, 0) is 9.59 Å². The Morgan fingerprint density at radius 3 is 2.20 bits per heavy atom. The Morgan fingerprint density at radius 1 is 1.40 bits per heavy atom. The number of carbonyl (C=O) groups is 2. The lowest BCUT2D eigenvalue weighted by Crippen LogP contribution is -2.53. The number of carboxylic acid groups (broad SMARTS) is 1. The Hall–Kier alpha value is -1.10. The van der Waals surface area contributed by atoms with E-state index in [9.17, 15) is 9.59 Å². The van der Waals surface area contributed by atoms with E-state index >= 15 is 0 Å². The van der Waals surface area contributed by atoms with Crippen LogP contribution in [0.25, 0.3) is 0 Å². The number of hydrogen-bond acceptors (Lipinski definition) is 3. The Morgan fingerprint density at radius 2 is 1.87 bits per heavy atom. The van der Waals surface area contributed by atoms with Gasteiger partial charge in [-0.1, -0.05) is 13.8 Å². The van der Waals surface area contributed by atoms with E-state index in [0.29, 0.717) is 0 Å². The molecule has 0 fully saturated rings. The number of rotatable bonds is 5. The summed E-state index contributed by atoms with van der Waals surface area (Å²) in [6.07, 6.45) is 0. The molecule has 0 radical (unpaired) electrons. The van der Waals surface area contributed by atoms with Crippen LogP contribution in [0.2, 0.25) is 0 Å². The van der Waals surface area contributed by atoms with Gasteiger partial charge in [0.25, 0.3) is 0 Å². The van der Waals surface area contributed by atoms with Crippen LogP contribution in [0.4, 0.5) is 0 Å². The van der Waals surface area contributed by atoms with Crippen LogP contribution in [0.1, 0.15) is 27.7 Å². The van der Waals surface area contributed by atoms with Crippen LogP contribution in [0, 0.1) is 0 Å². The van der Waals surface area contributed by atoms with Gasteiger partial charge >= 0.3 is 5.97 Å². The summed E-state index contributed by atoms with van der Waals surface area (Å²) >= 11 is 0. The van der Waals surface area contributed by atoms with E-state index < -0.39 is 11.5 Å².